The summed E-state index contributed by atoms with van der Waals surface area (Å²) >= 11 is 0. The fourth-order valence-corrected chi connectivity index (χ4v) is 5.36. The highest BCUT2D eigenvalue weighted by atomic mass is 33.1. The van der Waals surface area contributed by atoms with Gasteiger partial charge in [0.1, 0.15) is 17.2 Å². The van der Waals surface area contributed by atoms with Crippen LogP contribution in [-0.2, 0) is 9.59 Å². The van der Waals surface area contributed by atoms with Gasteiger partial charge in [-0.15, -0.1) is 0 Å². The number of nitro groups is 2. The number of carbonyl (C=O) groups excluding carboxylic acids is 4. The molecule has 1 aliphatic rings. The van der Waals surface area contributed by atoms with E-state index in [1.807, 2.05) is 0 Å². The maximum absolute atomic E-state index is 13.1. The van der Waals surface area contributed by atoms with Crippen LogP contribution in [-0.4, -0.2) is 59.7 Å². The Morgan fingerprint density at radius 3 is 2.05 bits per heavy atom. The summed E-state index contributed by atoms with van der Waals surface area (Å²) in [4.78, 5) is 72.7. The molecule has 14 nitrogen and oxygen atoms in total. The van der Waals surface area contributed by atoms with E-state index in [9.17, 15) is 39.4 Å². The van der Waals surface area contributed by atoms with Gasteiger partial charge >= 0.3 is 0 Å². The quantitative estimate of drug-likeness (QED) is 0.228. The number of rotatable bonds is 6. The molecule has 38 heavy (non-hydrogen) atoms. The molecule has 2 aromatic carbocycles. The second kappa shape index (κ2) is 12.9. The number of hydrogen-bond donors (Lipinski definition) is 4. The van der Waals surface area contributed by atoms with E-state index in [1.165, 1.54) is 43.4 Å². The zero-order chi connectivity index (χ0) is 27.8. The van der Waals surface area contributed by atoms with Crippen LogP contribution in [0.4, 0.5) is 11.4 Å². The molecule has 3 rings (SSSR count). The highest BCUT2D eigenvalue weighted by Gasteiger charge is 2.28. The third-order valence-electron chi connectivity index (χ3n) is 5.32. The van der Waals surface area contributed by atoms with Crippen molar-refractivity contribution in [3.05, 3.63) is 67.8 Å². The molecule has 0 fully saturated rings. The Bertz CT molecular complexity index is 1300. The molecule has 16 heteroatoms. The van der Waals surface area contributed by atoms with Crippen molar-refractivity contribution in [3.63, 3.8) is 0 Å². The van der Waals surface area contributed by atoms with Crippen LogP contribution in [0.2, 0.25) is 0 Å². The number of carbonyl (C=O) groups is 4. The van der Waals surface area contributed by atoms with Gasteiger partial charge in [-0.3, -0.25) is 39.4 Å². The predicted molar refractivity (Wildman–Crippen MR) is 138 cm³/mol. The Morgan fingerprint density at radius 2 is 1.53 bits per heavy atom. The molecule has 0 saturated carbocycles. The highest BCUT2D eigenvalue weighted by molar-refractivity contribution is 8.76. The van der Waals surface area contributed by atoms with Gasteiger partial charge in [-0.1, -0.05) is 21.6 Å². The monoisotopic (exact) mass is 562 g/mol. The van der Waals surface area contributed by atoms with Crippen LogP contribution in [0, 0.1) is 20.2 Å². The first-order valence-corrected chi connectivity index (χ1v) is 13.2. The van der Waals surface area contributed by atoms with Crippen LogP contribution >= 0.6 is 21.6 Å². The van der Waals surface area contributed by atoms with Gasteiger partial charge in [-0.05, 0) is 30.7 Å². The van der Waals surface area contributed by atoms with E-state index >= 15 is 0 Å². The standard InChI is InChI=1S/C22H22N6O8S2/c1-23-19(29)7-9-25-22(32)16-6-8-24-20(30)14-10-12(2-4-17(14)27(33)34)37-38-13-3-5-18(28(35)36)15(11-13)21(31)26-16/h2-5,10-11,16H,6-9H2,1H3,(H,23,29)(H,24,30)(H,25,32)(H,26,31). The lowest BCUT2D eigenvalue weighted by atomic mass is 10.1. The first-order chi connectivity index (χ1) is 18.1. The van der Waals surface area contributed by atoms with E-state index in [2.05, 4.69) is 21.3 Å². The average molecular weight is 563 g/mol. The van der Waals surface area contributed by atoms with Crippen molar-refractivity contribution in [1.82, 2.24) is 21.3 Å². The summed E-state index contributed by atoms with van der Waals surface area (Å²) in [6.45, 7) is -0.211. The Balaban J connectivity index is 1.97. The minimum atomic E-state index is -1.25. The van der Waals surface area contributed by atoms with Crippen LogP contribution in [0.15, 0.2) is 46.2 Å². The Labute approximate surface area is 223 Å². The van der Waals surface area contributed by atoms with Crippen LogP contribution in [0.5, 0.6) is 0 Å². The van der Waals surface area contributed by atoms with Crippen molar-refractivity contribution in [2.75, 3.05) is 20.1 Å². The zero-order valence-corrected chi connectivity index (χ0v) is 21.5. The van der Waals surface area contributed by atoms with Crippen molar-refractivity contribution >= 4 is 56.6 Å². The molecule has 1 aliphatic heterocycles. The van der Waals surface area contributed by atoms with Gasteiger partial charge in [0.2, 0.25) is 11.8 Å². The van der Waals surface area contributed by atoms with Crippen LogP contribution in [0.25, 0.3) is 0 Å². The lowest BCUT2D eigenvalue weighted by Crippen LogP contribution is -2.49. The minimum Gasteiger partial charge on any atom is -0.359 e. The number of benzene rings is 2. The van der Waals surface area contributed by atoms with Crippen molar-refractivity contribution in [2.24, 2.45) is 0 Å². The molecule has 4 bridgehead atoms. The zero-order valence-electron chi connectivity index (χ0n) is 19.8. The molecule has 4 amide bonds. The van der Waals surface area contributed by atoms with Gasteiger partial charge < -0.3 is 21.3 Å². The molecule has 1 atom stereocenters. The number of hydrogen-bond acceptors (Lipinski definition) is 10. The summed E-state index contributed by atoms with van der Waals surface area (Å²) < 4.78 is 0. The molecular weight excluding hydrogens is 540 g/mol. The van der Waals surface area contributed by atoms with Gasteiger partial charge in [-0.25, -0.2) is 0 Å². The highest BCUT2D eigenvalue weighted by Crippen LogP contribution is 2.40. The van der Waals surface area contributed by atoms with Crippen molar-refractivity contribution < 1.29 is 29.0 Å². The van der Waals surface area contributed by atoms with Gasteiger partial charge in [0.15, 0.2) is 0 Å². The number of fused-ring (bicyclic) bond motifs is 4. The first-order valence-electron chi connectivity index (χ1n) is 11.1. The molecule has 0 radical (unpaired) electrons. The van der Waals surface area contributed by atoms with Crippen molar-refractivity contribution in [3.8, 4) is 0 Å². The summed E-state index contributed by atoms with van der Waals surface area (Å²) in [7, 11) is 3.69. The van der Waals surface area contributed by atoms with E-state index in [0.29, 0.717) is 9.79 Å². The molecule has 0 aliphatic carbocycles. The molecule has 2 aromatic rings. The smallest absolute Gasteiger partial charge is 0.282 e. The SMILES string of the molecule is CNC(=O)CCNC(=O)C1CCNC(=O)c2cc(ccc2[N+](=O)[O-])SSc2ccc([N+](=O)[O-])c(c2)C(=O)N1. The number of nitrogens with one attached hydrogen (secondary N) is 4. The number of nitrogens with zero attached hydrogens (tertiary/aromatic N) is 2. The molecule has 1 unspecified atom stereocenters. The molecule has 0 aromatic heterocycles. The van der Waals surface area contributed by atoms with Crippen LogP contribution in [0.1, 0.15) is 33.6 Å². The summed E-state index contributed by atoms with van der Waals surface area (Å²) in [6, 6.07) is 6.68. The van der Waals surface area contributed by atoms with Gasteiger partial charge in [0.05, 0.1) is 9.85 Å². The molecule has 0 spiro atoms. The first kappa shape index (κ1) is 28.4. The van der Waals surface area contributed by atoms with Crippen molar-refractivity contribution in [1.29, 1.82) is 0 Å². The number of amides is 4. The molecule has 1 heterocycles. The summed E-state index contributed by atoms with van der Waals surface area (Å²) in [5.41, 5.74) is -1.33. The van der Waals surface area contributed by atoms with Crippen LogP contribution < -0.4 is 21.3 Å². The lowest BCUT2D eigenvalue weighted by molar-refractivity contribution is -0.385. The average Bonchev–Trinajstić information content (AvgIpc) is 2.90. The summed E-state index contributed by atoms with van der Waals surface area (Å²) in [6.07, 6.45) is -0.171. The van der Waals surface area contributed by atoms with Crippen molar-refractivity contribution in [2.45, 2.75) is 28.7 Å². The van der Waals surface area contributed by atoms with E-state index in [0.717, 1.165) is 21.6 Å². The fraction of sp³-hybridized carbons (Fsp3) is 0.273. The Hall–Kier alpha value is -4.18. The largest absolute Gasteiger partial charge is 0.359 e. The minimum absolute atomic E-state index is 0.0257. The predicted octanol–water partition coefficient (Wildman–Crippen LogP) is 1.79. The van der Waals surface area contributed by atoms with Gasteiger partial charge in [0, 0.05) is 48.5 Å². The van der Waals surface area contributed by atoms with E-state index < -0.39 is 45.0 Å². The normalized spacial score (nSPS) is 15.7. The maximum Gasteiger partial charge on any atom is 0.282 e. The summed E-state index contributed by atoms with van der Waals surface area (Å²) in [5, 5.41) is 32.9. The molecular formula is C22H22N6O8S2. The summed E-state index contributed by atoms with van der Waals surface area (Å²) in [5.74, 6) is -2.64. The van der Waals surface area contributed by atoms with E-state index in [1.54, 1.807) is 0 Å². The van der Waals surface area contributed by atoms with Crippen LogP contribution in [0.3, 0.4) is 0 Å². The lowest BCUT2D eigenvalue weighted by Gasteiger charge is -2.19. The topological polar surface area (TPSA) is 203 Å². The maximum atomic E-state index is 13.1. The van der Waals surface area contributed by atoms with E-state index in [4.69, 9.17) is 0 Å². The second-order valence-electron chi connectivity index (χ2n) is 7.82. The Kier molecular flexibility index (Phi) is 9.61. The van der Waals surface area contributed by atoms with Gasteiger partial charge in [-0.2, -0.15) is 0 Å². The third kappa shape index (κ3) is 7.19. The van der Waals surface area contributed by atoms with Gasteiger partial charge in [0.25, 0.3) is 23.2 Å². The molecule has 0 saturated heterocycles. The molecule has 200 valence electrons. The van der Waals surface area contributed by atoms with E-state index in [-0.39, 0.29) is 43.0 Å². The molecule has 4 N–H and O–H groups in total. The fourth-order valence-electron chi connectivity index (χ4n) is 3.39. The number of nitro benzene ring substituents is 2. The second-order valence-corrected chi connectivity index (χ2v) is 10.1. The third-order valence-corrected chi connectivity index (χ3v) is 7.70. The Morgan fingerprint density at radius 1 is 0.974 bits per heavy atom.